The second-order valence-electron chi connectivity index (χ2n) is 5.29. The molecular weight excluding hydrogens is 335 g/mol. The first-order valence-corrected chi connectivity index (χ1v) is 8.49. The van der Waals surface area contributed by atoms with E-state index in [1.165, 1.54) is 37.4 Å². The summed E-state index contributed by atoms with van der Waals surface area (Å²) in [5.74, 6) is -1.55. The van der Waals surface area contributed by atoms with E-state index in [1.54, 1.807) is 6.07 Å². The third-order valence-electron chi connectivity index (χ3n) is 3.78. The Labute approximate surface area is 138 Å². The summed E-state index contributed by atoms with van der Waals surface area (Å²) in [7, 11) is -2.63. The zero-order valence-corrected chi connectivity index (χ0v) is 13.4. The number of sulfonamides is 1. The number of hydrogen-bond donors (Lipinski definition) is 1. The van der Waals surface area contributed by atoms with Crippen LogP contribution in [0.2, 0.25) is 0 Å². The van der Waals surface area contributed by atoms with Crippen LogP contribution in [-0.4, -0.2) is 32.2 Å². The third-order valence-corrected chi connectivity index (χ3v) is 5.18. The lowest BCUT2D eigenvalue weighted by atomic mass is 10.1. The molecule has 0 spiro atoms. The first-order chi connectivity index (χ1) is 11.3. The SMILES string of the molecule is CN1C(=O)c2ccc(S(=O)(=O)NCc3ccccc3F)cc2C1=O. The maximum atomic E-state index is 13.6. The average Bonchev–Trinajstić information content (AvgIpc) is 2.78. The minimum absolute atomic E-state index is 0.0382. The molecule has 0 unspecified atom stereocenters. The van der Waals surface area contributed by atoms with Crippen LogP contribution in [-0.2, 0) is 16.6 Å². The van der Waals surface area contributed by atoms with Crippen molar-refractivity contribution in [2.75, 3.05) is 7.05 Å². The lowest BCUT2D eigenvalue weighted by Crippen LogP contribution is -2.24. The highest BCUT2D eigenvalue weighted by molar-refractivity contribution is 7.89. The van der Waals surface area contributed by atoms with Crippen LogP contribution >= 0.6 is 0 Å². The van der Waals surface area contributed by atoms with Crippen LogP contribution in [0.1, 0.15) is 26.3 Å². The van der Waals surface area contributed by atoms with E-state index in [4.69, 9.17) is 0 Å². The third kappa shape index (κ3) is 2.70. The normalized spacial score (nSPS) is 14.2. The summed E-state index contributed by atoms with van der Waals surface area (Å²) in [6.45, 7) is -0.223. The second kappa shape index (κ2) is 5.81. The van der Waals surface area contributed by atoms with Crippen LogP contribution < -0.4 is 4.72 Å². The van der Waals surface area contributed by atoms with Crippen LogP contribution in [0.15, 0.2) is 47.4 Å². The molecule has 0 fully saturated rings. The molecule has 124 valence electrons. The van der Waals surface area contributed by atoms with E-state index in [0.29, 0.717) is 0 Å². The van der Waals surface area contributed by atoms with Crippen LogP contribution in [0.4, 0.5) is 4.39 Å². The quantitative estimate of drug-likeness (QED) is 0.850. The number of carbonyl (C=O) groups is 2. The van der Waals surface area contributed by atoms with E-state index in [1.807, 2.05) is 0 Å². The molecule has 1 aliphatic heterocycles. The molecule has 0 bridgehead atoms. The van der Waals surface area contributed by atoms with Gasteiger partial charge in [-0.2, -0.15) is 0 Å². The van der Waals surface area contributed by atoms with Gasteiger partial charge in [0.05, 0.1) is 16.0 Å². The molecule has 2 aromatic carbocycles. The van der Waals surface area contributed by atoms with E-state index in [9.17, 15) is 22.4 Å². The number of nitrogens with zero attached hydrogens (tertiary/aromatic N) is 1. The zero-order valence-electron chi connectivity index (χ0n) is 12.6. The highest BCUT2D eigenvalue weighted by Gasteiger charge is 2.33. The fourth-order valence-electron chi connectivity index (χ4n) is 2.41. The molecule has 0 saturated heterocycles. The highest BCUT2D eigenvalue weighted by atomic mass is 32.2. The minimum Gasteiger partial charge on any atom is -0.277 e. The zero-order chi connectivity index (χ0) is 17.5. The van der Waals surface area contributed by atoms with Crippen molar-refractivity contribution in [2.45, 2.75) is 11.4 Å². The van der Waals surface area contributed by atoms with Crippen LogP contribution in [0, 0.1) is 5.82 Å². The van der Waals surface area contributed by atoms with Gasteiger partial charge in [-0.1, -0.05) is 18.2 Å². The van der Waals surface area contributed by atoms with Gasteiger partial charge in [0, 0.05) is 19.2 Å². The van der Waals surface area contributed by atoms with E-state index in [2.05, 4.69) is 4.72 Å². The number of fused-ring (bicyclic) bond motifs is 1. The predicted molar refractivity (Wildman–Crippen MR) is 83.3 cm³/mol. The van der Waals surface area contributed by atoms with Gasteiger partial charge in [0.15, 0.2) is 0 Å². The summed E-state index contributed by atoms with van der Waals surface area (Å²) in [5.41, 5.74) is 0.403. The molecular formula is C16H13FN2O4S. The van der Waals surface area contributed by atoms with Crippen molar-refractivity contribution < 1.29 is 22.4 Å². The van der Waals surface area contributed by atoms with E-state index in [-0.39, 0.29) is 28.1 Å². The number of carbonyl (C=O) groups excluding carboxylic acids is 2. The Morgan fingerprint density at radius 1 is 1.04 bits per heavy atom. The monoisotopic (exact) mass is 348 g/mol. The Balaban J connectivity index is 1.88. The van der Waals surface area contributed by atoms with Crippen molar-refractivity contribution in [1.29, 1.82) is 0 Å². The number of halogens is 1. The number of rotatable bonds is 4. The van der Waals surface area contributed by atoms with Crippen molar-refractivity contribution in [3.05, 3.63) is 65.0 Å². The fraction of sp³-hybridized carbons (Fsp3) is 0.125. The Morgan fingerprint density at radius 3 is 2.42 bits per heavy atom. The van der Waals surface area contributed by atoms with Gasteiger partial charge >= 0.3 is 0 Å². The van der Waals surface area contributed by atoms with Gasteiger partial charge in [-0.3, -0.25) is 14.5 Å². The van der Waals surface area contributed by atoms with Crippen molar-refractivity contribution in [1.82, 2.24) is 9.62 Å². The number of nitrogens with one attached hydrogen (secondary N) is 1. The predicted octanol–water partition coefficient (Wildman–Crippen LogP) is 1.53. The molecule has 1 heterocycles. The molecule has 0 aliphatic carbocycles. The molecule has 8 heteroatoms. The topological polar surface area (TPSA) is 83.6 Å². The first kappa shape index (κ1) is 16.3. The lowest BCUT2D eigenvalue weighted by Gasteiger charge is -2.08. The largest absolute Gasteiger partial charge is 0.277 e. The van der Waals surface area contributed by atoms with Crippen LogP contribution in [0.5, 0.6) is 0 Å². The van der Waals surface area contributed by atoms with Crippen molar-refractivity contribution in [3.8, 4) is 0 Å². The Hall–Kier alpha value is -2.58. The molecule has 2 amide bonds. The van der Waals surface area contributed by atoms with Crippen LogP contribution in [0.3, 0.4) is 0 Å². The summed E-state index contributed by atoms with van der Waals surface area (Å²) in [4.78, 5) is 24.5. The Morgan fingerprint density at radius 2 is 1.71 bits per heavy atom. The van der Waals surface area contributed by atoms with Crippen molar-refractivity contribution >= 4 is 21.8 Å². The summed E-state index contributed by atoms with van der Waals surface area (Å²) in [6, 6.07) is 9.51. The maximum Gasteiger partial charge on any atom is 0.261 e. The summed E-state index contributed by atoms with van der Waals surface area (Å²) >= 11 is 0. The molecule has 6 nitrogen and oxygen atoms in total. The summed E-state index contributed by atoms with van der Waals surface area (Å²) < 4.78 is 40.5. The smallest absolute Gasteiger partial charge is 0.261 e. The molecule has 3 rings (SSSR count). The molecule has 2 aromatic rings. The average molecular weight is 348 g/mol. The van der Waals surface area contributed by atoms with Crippen molar-refractivity contribution in [3.63, 3.8) is 0 Å². The number of imide groups is 1. The van der Waals surface area contributed by atoms with Gasteiger partial charge < -0.3 is 0 Å². The molecule has 0 aromatic heterocycles. The van der Waals surface area contributed by atoms with Gasteiger partial charge in [0.25, 0.3) is 11.8 Å². The van der Waals surface area contributed by atoms with Gasteiger partial charge in [0.2, 0.25) is 10.0 Å². The summed E-state index contributed by atoms with van der Waals surface area (Å²) in [5, 5.41) is 0. The van der Waals surface area contributed by atoms with E-state index < -0.39 is 27.7 Å². The summed E-state index contributed by atoms with van der Waals surface area (Å²) in [6.07, 6.45) is 0. The van der Waals surface area contributed by atoms with Gasteiger partial charge in [-0.05, 0) is 24.3 Å². The Kier molecular flexibility index (Phi) is 3.94. The molecule has 0 atom stereocenters. The number of amides is 2. The van der Waals surface area contributed by atoms with E-state index in [0.717, 1.165) is 11.0 Å². The Bertz CT molecular complexity index is 956. The van der Waals surface area contributed by atoms with Gasteiger partial charge in [-0.15, -0.1) is 0 Å². The number of benzene rings is 2. The van der Waals surface area contributed by atoms with E-state index >= 15 is 0 Å². The van der Waals surface area contributed by atoms with Crippen LogP contribution in [0.25, 0.3) is 0 Å². The first-order valence-electron chi connectivity index (χ1n) is 7.01. The second-order valence-corrected chi connectivity index (χ2v) is 7.06. The molecule has 0 saturated carbocycles. The van der Waals surface area contributed by atoms with Gasteiger partial charge in [-0.25, -0.2) is 17.5 Å². The maximum absolute atomic E-state index is 13.6. The number of hydrogen-bond acceptors (Lipinski definition) is 4. The lowest BCUT2D eigenvalue weighted by molar-refractivity contribution is 0.0693. The molecule has 0 radical (unpaired) electrons. The standard InChI is InChI=1S/C16H13FN2O4S/c1-19-15(20)12-7-6-11(8-13(12)16(19)21)24(22,23)18-9-10-4-2-3-5-14(10)17/h2-8,18H,9H2,1H3. The highest BCUT2D eigenvalue weighted by Crippen LogP contribution is 2.24. The van der Waals surface area contributed by atoms with Gasteiger partial charge in [0.1, 0.15) is 5.82 Å². The molecule has 24 heavy (non-hydrogen) atoms. The van der Waals surface area contributed by atoms with Crippen molar-refractivity contribution in [2.24, 2.45) is 0 Å². The fourth-order valence-corrected chi connectivity index (χ4v) is 3.44. The molecule has 1 N–H and O–H groups in total. The minimum atomic E-state index is -3.95. The molecule has 1 aliphatic rings.